The van der Waals surface area contributed by atoms with E-state index in [4.69, 9.17) is 15.2 Å². The van der Waals surface area contributed by atoms with Crippen LogP contribution in [0, 0.1) is 0 Å². The number of fused-ring (bicyclic) bond motifs is 1. The average molecular weight is 371 g/mol. The second-order valence-corrected chi connectivity index (χ2v) is 5.88. The summed E-state index contributed by atoms with van der Waals surface area (Å²) in [6.45, 7) is 2.58. The molecule has 2 heterocycles. The van der Waals surface area contributed by atoms with Gasteiger partial charge < -0.3 is 20.5 Å². The van der Waals surface area contributed by atoms with Crippen LogP contribution in [-0.4, -0.2) is 36.6 Å². The summed E-state index contributed by atoms with van der Waals surface area (Å²) in [4.78, 5) is 20.7. The number of hydrogen-bond donors (Lipinski definition) is 4. The largest absolute Gasteiger partial charge is 0.480 e. The molecular weight excluding hydrogens is 348 g/mol. The Morgan fingerprint density at radius 3 is 2.74 bits per heavy atom. The zero-order chi connectivity index (χ0) is 19.4. The first kappa shape index (κ1) is 18.5. The highest BCUT2D eigenvalue weighted by Gasteiger charge is 2.28. The molecule has 0 radical (unpaired) electrons. The van der Waals surface area contributed by atoms with E-state index in [-0.39, 0.29) is 11.9 Å². The summed E-state index contributed by atoms with van der Waals surface area (Å²) in [7, 11) is 3.03. The van der Waals surface area contributed by atoms with Gasteiger partial charge in [0.05, 0.1) is 36.6 Å². The highest BCUT2D eigenvalue weighted by molar-refractivity contribution is 6.02. The first-order valence-corrected chi connectivity index (χ1v) is 8.57. The van der Waals surface area contributed by atoms with Gasteiger partial charge in [0.1, 0.15) is 0 Å². The number of ether oxygens (including phenoxy) is 2. The predicted molar refractivity (Wildman–Crippen MR) is 99.7 cm³/mol. The Hall–Kier alpha value is -3.33. The average Bonchev–Trinajstić information content (AvgIpc) is 2.71. The van der Waals surface area contributed by atoms with E-state index in [1.54, 1.807) is 11.6 Å². The Morgan fingerprint density at radius 1 is 1.26 bits per heavy atom. The lowest BCUT2D eigenvalue weighted by molar-refractivity contribution is -0.625. The lowest BCUT2D eigenvalue weighted by atomic mass is 9.98. The number of nitrogens with two attached hydrogens (primary N) is 2. The number of carbonyl (C=O) groups excluding carboxylic acids is 1. The van der Waals surface area contributed by atoms with Crippen molar-refractivity contribution in [1.29, 1.82) is 0 Å². The number of hydrogen-bond acceptors (Lipinski definition) is 7. The van der Waals surface area contributed by atoms with Gasteiger partial charge in [-0.15, -0.1) is 0 Å². The molecule has 142 valence electrons. The van der Waals surface area contributed by atoms with Crippen molar-refractivity contribution in [3.63, 3.8) is 0 Å². The Bertz CT molecular complexity index is 897. The smallest absolute Gasteiger partial charge is 0.319 e. The number of methoxy groups -OCH3 is 2. The van der Waals surface area contributed by atoms with Crippen LogP contribution in [0.3, 0.4) is 0 Å². The second kappa shape index (κ2) is 7.92. The van der Waals surface area contributed by atoms with Crippen molar-refractivity contribution in [3.8, 4) is 23.0 Å². The van der Waals surface area contributed by atoms with Gasteiger partial charge in [0, 0.05) is 12.7 Å². The standard InChI is InChI=1S/C18H22N6O3/c1-4-8-20-16(25)15-13(19)11-7-5-6-10(14(11)23-24-15)12-9-21-18(27-3)22-17(12)26-2/h5-7,9,23-24H,4,8,19H2,1-3H3,(H,20,25)/p+1. The van der Waals surface area contributed by atoms with Crippen LogP contribution in [0.25, 0.3) is 16.8 Å². The van der Waals surface area contributed by atoms with Gasteiger partial charge in [0.15, 0.2) is 11.4 Å². The molecule has 6 N–H and O–H groups in total. The Morgan fingerprint density at radius 2 is 2.04 bits per heavy atom. The highest BCUT2D eigenvalue weighted by atomic mass is 16.5. The van der Waals surface area contributed by atoms with E-state index < -0.39 is 0 Å². The number of rotatable bonds is 6. The molecular formula is C18H23N6O3+. The molecule has 1 aromatic heterocycles. The van der Waals surface area contributed by atoms with Gasteiger partial charge in [-0.25, -0.2) is 15.8 Å². The molecule has 0 atom stereocenters. The zero-order valence-electron chi connectivity index (χ0n) is 15.5. The summed E-state index contributed by atoms with van der Waals surface area (Å²) in [5.41, 5.74) is 14.9. The number of benzene rings is 1. The molecule has 9 nitrogen and oxygen atoms in total. The molecule has 1 aliphatic heterocycles. The predicted octanol–water partition coefficient (Wildman–Crippen LogP) is 0.0274. The minimum atomic E-state index is -0.230. The first-order valence-electron chi connectivity index (χ1n) is 8.57. The third-order valence-electron chi connectivity index (χ3n) is 4.19. The molecule has 0 fully saturated rings. The normalized spacial score (nSPS) is 12.9. The molecule has 1 aliphatic rings. The molecule has 1 aromatic carbocycles. The van der Waals surface area contributed by atoms with Crippen molar-refractivity contribution in [2.24, 2.45) is 5.73 Å². The van der Waals surface area contributed by atoms with Gasteiger partial charge in [-0.2, -0.15) is 4.98 Å². The highest BCUT2D eigenvalue weighted by Crippen LogP contribution is 2.36. The van der Waals surface area contributed by atoms with Crippen LogP contribution in [0.5, 0.6) is 11.9 Å². The molecule has 3 rings (SSSR count). The van der Waals surface area contributed by atoms with E-state index in [9.17, 15) is 4.79 Å². The Labute approximate surface area is 157 Å². The van der Waals surface area contributed by atoms with Crippen LogP contribution < -0.4 is 31.4 Å². The van der Waals surface area contributed by atoms with Gasteiger partial charge in [-0.3, -0.25) is 4.79 Å². The fourth-order valence-corrected chi connectivity index (χ4v) is 2.85. The third kappa shape index (κ3) is 3.49. The fraction of sp³-hybridized carbons (Fsp3) is 0.278. The molecule has 0 aliphatic carbocycles. The fourth-order valence-electron chi connectivity index (χ4n) is 2.85. The van der Waals surface area contributed by atoms with Crippen molar-refractivity contribution >= 4 is 17.3 Å². The third-order valence-corrected chi connectivity index (χ3v) is 4.19. The molecule has 0 saturated carbocycles. The summed E-state index contributed by atoms with van der Waals surface area (Å²) in [5.74, 6) is 0.157. The van der Waals surface area contributed by atoms with E-state index in [0.717, 1.165) is 23.2 Å². The SMILES string of the molecule is CCCNC(=O)C1=C(N)c2cccc(-c3cnc(OC)nc3OC)c2[NH2+]N1. The molecule has 2 aromatic rings. The van der Waals surface area contributed by atoms with Crippen LogP contribution in [0.2, 0.25) is 0 Å². The Balaban J connectivity index is 2.06. The molecule has 0 bridgehead atoms. The van der Waals surface area contributed by atoms with Crippen molar-refractivity contribution in [1.82, 2.24) is 20.7 Å². The van der Waals surface area contributed by atoms with Crippen LogP contribution in [0.15, 0.2) is 30.1 Å². The van der Waals surface area contributed by atoms with E-state index in [2.05, 4.69) is 20.7 Å². The number of carbonyl (C=O) groups is 1. The van der Waals surface area contributed by atoms with Gasteiger partial charge in [-0.1, -0.05) is 13.0 Å². The van der Waals surface area contributed by atoms with Gasteiger partial charge in [-0.05, 0) is 18.6 Å². The molecule has 0 saturated heterocycles. The summed E-state index contributed by atoms with van der Waals surface area (Å²) in [6, 6.07) is 5.87. The minimum absolute atomic E-state index is 0.219. The van der Waals surface area contributed by atoms with Crippen molar-refractivity contribution in [2.45, 2.75) is 13.3 Å². The number of aromatic nitrogens is 2. The van der Waals surface area contributed by atoms with Gasteiger partial charge >= 0.3 is 6.01 Å². The minimum Gasteiger partial charge on any atom is -0.480 e. The van der Waals surface area contributed by atoms with E-state index in [1.165, 1.54) is 14.2 Å². The van der Waals surface area contributed by atoms with Crippen molar-refractivity contribution in [2.75, 3.05) is 20.8 Å². The maximum atomic E-state index is 12.3. The van der Waals surface area contributed by atoms with Crippen LogP contribution in [0.1, 0.15) is 18.9 Å². The Kier molecular flexibility index (Phi) is 5.41. The maximum absolute atomic E-state index is 12.3. The number of amides is 1. The quantitative estimate of drug-likeness (QED) is 0.416. The summed E-state index contributed by atoms with van der Waals surface area (Å²) >= 11 is 0. The van der Waals surface area contributed by atoms with Gasteiger partial charge in [0.25, 0.3) is 5.91 Å². The van der Waals surface area contributed by atoms with Crippen LogP contribution in [-0.2, 0) is 4.79 Å². The number of quaternary nitrogens is 1. The topological polar surface area (TPSA) is 128 Å². The first-order chi connectivity index (χ1) is 13.1. The molecule has 0 unspecified atom stereocenters. The van der Waals surface area contributed by atoms with Crippen molar-refractivity contribution in [3.05, 3.63) is 35.7 Å². The second-order valence-electron chi connectivity index (χ2n) is 5.88. The number of para-hydroxylation sites is 1. The molecule has 9 heteroatoms. The number of nitrogens with zero attached hydrogens (tertiary/aromatic N) is 2. The molecule has 1 amide bonds. The monoisotopic (exact) mass is 371 g/mol. The van der Waals surface area contributed by atoms with E-state index >= 15 is 0 Å². The van der Waals surface area contributed by atoms with Crippen LogP contribution >= 0.6 is 0 Å². The lowest BCUT2D eigenvalue weighted by Gasteiger charge is -2.21. The summed E-state index contributed by atoms with van der Waals surface area (Å²) in [5, 5.41) is 2.83. The molecule has 27 heavy (non-hydrogen) atoms. The van der Waals surface area contributed by atoms with Crippen molar-refractivity contribution < 1.29 is 19.7 Å². The summed E-state index contributed by atoms with van der Waals surface area (Å²) < 4.78 is 10.4. The number of nitrogens with one attached hydrogen (secondary N) is 2. The zero-order valence-corrected chi connectivity index (χ0v) is 15.5. The maximum Gasteiger partial charge on any atom is 0.319 e. The van der Waals surface area contributed by atoms with E-state index in [1.807, 2.05) is 25.1 Å². The van der Waals surface area contributed by atoms with Gasteiger partial charge in [0.2, 0.25) is 5.88 Å². The summed E-state index contributed by atoms with van der Waals surface area (Å²) in [6.07, 6.45) is 2.48. The molecule has 0 spiro atoms. The lowest BCUT2D eigenvalue weighted by Crippen LogP contribution is -2.89. The van der Waals surface area contributed by atoms with E-state index in [0.29, 0.717) is 29.4 Å². The van der Waals surface area contributed by atoms with Crippen LogP contribution in [0.4, 0.5) is 5.69 Å².